The van der Waals surface area contributed by atoms with Gasteiger partial charge < -0.3 is 21.1 Å². The van der Waals surface area contributed by atoms with E-state index in [4.69, 9.17) is 5.11 Å². The molecule has 3 amide bonds. The van der Waals surface area contributed by atoms with E-state index in [9.17, 15) is 14.4 Å². The number of aliphatic carboxylic acids is 1. The highest BCUT2D eigenvalue weighted by Crippen LogP contribution is 2.04. The van der Waals surface area contributed by atoms with Gasteiger partial charge in [-0.25, -0.2) is 4.79 Å². The van der Waals surface area contributed by atoms with Crippen LogP contribution in [0.1, 0.15) is 26.7 Å². The molecule has 0 saturated heterocycles. The molecule has 0 aromatic rings. The Morgan fingerprint density at radius 2 is 1.72 bits per heavy atom. The zero-order valence-corrected chi connectivity index (χ0v) is 10.8. The molecule has 4 N–H and O–H groups in total. The van der Waals surface area contributed by atoms with Gasteiger partial charge in [-0.1, -0.05) is 13.3 Å². The lowest BCUT2D eigenvalue weighted by Gasteiger charge is -2.13. The number of carbonyl (C=O) groups is 3. The first-order chi connectivity index (χ1) is 8.47. The lowest BCUT2D eigenvalue weighted by Crippen LogP contribution is -2.42. The van der Waals surface area contributed by atoms with Crippen molar-refractivity contribution in [2.45, 2.75) is 26.7 Å². The van der Waals surface area contributed by atoms with Gasteiger partial charge in [0.25, 0.3) is 0 Å². The third-order valence-corrected chi connectivity index (χ3v) is 2.28. The van der Waals surface area contributed by atoms with Gasteiger partial charge in [0.2, 0.25) is 5.91 Å². The number of carboxylic acids is 1. The van der Waals surface area contributed by atoms with E-state index < -0.39 is 17.9 Å². The molecule has 0 saturated carbocycles. The zero-order valence-electron chi connectivity index (χ0n) is 10.8. The molecule has 1 atom stereocenters. The van der Waals surface area contributed by atoms with E-state index in [0.717, 1.165) is 6.42 Å². The number of hydrogen-bond acceptors (Lipinski definition) is 3. The highest BCUT2D eigenvalue weighted by Gasteiger charge is 2.16. The number of carbonyl (C=O) groups excluding carboxylic acids is 2. The minimum absolute atomic E-state index is 0.106. The van der Waals surface area contributed by atoms with Crippen molar-refractivity contribution in [2.24, 2.45) is 5.92 Å². The predicted molar refractivity (Wildman–Crippen MR) is 66.1 cm³/mol. The van der Waals surface area contributed by atoms with E-state index in [2.05, 4.69) is 16.0 Å². The Bertz CT molecular complexity index is 294. The van der Waals surface area contributed by atoms with E-state index in [-0.39, 0.29) is 12.5 Å². The van der Waals surface area contributed by atoms with Crippen LogP contribution in [0.3, 0.4) is 0 Å². The van der Waals surface area contributed by atoms with Crippen molar-refractivity contribution in [3.63, 3.8) is 0 Å². The van der Waals surface area contributed by atoms with Crippen LogP contribution in [-0.4, -0.2) is 42.6 Å². The smallest absolute Gasteiger partial charge is 0.314 e. The fourth-order valence-corrected chi connectivity index (χ4v) is 1.35. The van der Waals surface area contributed by atoms with Crippen LogP contribution in [0.25, 0.3) is 0 Å². The van der Waals surface area contributed by atoms with Crippen LogP contribution < -0.4 is 16.0 Å². The number of rotatable bonds is 8. The maximum Gasteiger partial charge on any atom is 0.314 e. The fraction of sp³-hybridized carbons (Fsp3) is 0.727. The number of urea groups is 1. The molecule has 0 bridgehead atoms. The van der Waals surface area contributed by atoms with Crippen LogP contribution in [0, 0.1) is 5.92 Å². The fourth-order valence-electron chi connectivity index (χ4n) is 1.35. The van der Waals surface area contributed by atoms with E-state index in [1.807, 2.05) is 6.92 Å². The summed E-state index contributed by atoms with van der Waals surface area (Å²) >= 11 is 0. The van der Waals surface area contributed by atoms with Crippen molar-refractivity contribution >= 4 is 17.9 Å². The molecule has 18 heavy (non-hydrogen) atoms. The maximum atomic E-state index is 11.3. The van der Waals surface area contributed by atoms with Gasteiger partial charge in [-0.05, 0) is 6.42 Å². The largest absolute Gasteiger partial charge is 0.481 e. The predicted octanol–water partition coefficient (Wildman–Crippen LogP) is -0.0774. The normalized spacial score (nSPS) is 11.4. The van der Waals surface area contributed by atoms with Gasteiger partial charge in [-0.2, -0.15) is 0 Å². The molecule has 1 unspecified atom stereocenters. The van der Waals surface area contributed by atoms with Crippen LogP contribution in [0.4, 0.5) is 4.79 Å². The Kier molecular flexibility index (Phi) is 8.34. The van der Waals surface area contributed by atoms with E-state index >= 15 is 0 Å². The molecule has 0 rings (SSSR count). The summed E-state index contributed by atoms with van der Waals surface area (Å²) < 4.78 is 0. The van der Waals surface area contributed by atoms with Gasteiger partial charge in [0.15, 0.2) is 0 Å². The van der Waals surface area contributed by atoms with Crippen molar-refractivity contribution in [3.05, 3.63) is 0 Å². The monoisotopic (exact) mass is 259 g/mol. The molecule has 0 heterocycles. The van der Waals surface area contributed by atoms with Crippen molar-refractivity contribution < 1.29 is 19.5 Å². The lowest BCUT2D eigenvalue weighted by molar-refractivity contribution is -0.141. The molecule has 0 fully saturated rings. The molecule has 104 valence electrons. The van der Waals surface area contributed by atoms with Gasteiger partial charge in [0.05, 0.1) is 5.92 Å². The average molecular weight is 259 g/mol. The van der Waals surface area contributed by atoms with Crippen LogP contribution in [0.15, 0.2) is 0 Å². The number of amides is 3. The topological polar surface area (TPSA) is 108 Å². The molecular weight excluding hydrogens is 238 g/mol. The first-order valence-corrected chi connectivity index (χ1v) is 5.96. The van der Waals surface area contributed by atoms with Crippen molar-refractivity contribution in [1.82, 2.24) is 16.0 Å². The Morgan fingerprint density at radius 3 is 2.22 bits per heavy atom. The third kappa shape index (κ3) is 8.37. The lowest BCUT2D eigenvalue weighted by atomic mass is 10.0. The summed E-state index contributed by atoms with van der Waals surface area (Å²) in [5.41, 5.74) is 0. The second-order valence-electron chi connectivity index (χ2n) is 3.94. The minimum Gasteiger partial charge on any atom is -0.481 e. The zero-order chi connectivity index (χ0) is 14.0. The first-order valence-electron chi connectivity index (χ1n) is 5.96. The molecule has 0 radical (unpaired) electrons. The first kappa shape index (κ1) is 16.2. The van der Waals surface area contributed by atoms with Crippen molar-refractivity contribution in [1.29, 1.82) is 0 Å². The number of carboxylic acid groups (broad SMARTS) is 1. The molecular formula is C11H21N3O4. The van der Waals surface area contributed by atoms with Gasteiger partial charge in [-0.3, -0.25) is 9.59 Å². The van der Waals surface area contributed by atoms with Crippen molar-refractivity contribution in [3.8, 4) is 0 Å². The van der Waals surface area contributed by atoms with Gasteiger partial charge >= 0.3 is 12.0 Å². The second-order valence-corrected chi connectivity index (χ2v) is 3.94. The summed E-state index contributed by atoms with van der Waals surface area (Å²) in [7, 11) is 0. The molecule has 0 aromatic heterocycles. The Labute approximate surface area is 106 Å². The maximum absolute atomic E-state index is 11.3. The van der Waals surface area contributed by atoms with Gasteiger partial charge in [0, 0.05) is 26.6 Å². The summed E-state index contributed by atoms with van der Waals surface area (Å²) in [6.45, 7) is 4.04. The molecule has 0 spiro atoms. The molecule has 7 heteroatoms. The minimum atomic E-state index is -0.907. The second kappa shape index (κ2) is 9.26. The van der Waals surface area contributed by atoms with Gasteiger partial charge in [-0.15, -0.1) is 0 Å². The van der Waals surface area contributed by atoms with Crippen LogP contribution in [0.2, 0.25) is 0 Å². The quantitative estimate of drug-likeness (QED) is 0.457. The van der Waals surface area contributed by atoms with Crippen molar-refractivity contribution in [2.75, 3.05) is 19.6 Å². The van der Waals surface area contributed by atoms with E-state index in [1.54, 1.807) is 0 Å². The Balaban J connectivity index is 3.73. The van der Waals surface area contributed by atoms with E-state index in [0.29, 0.717) is 19.5 Å². The molecule has 0 aromatic carbocycles. The summed E-state index contributed by atoms with van der Waals surface area (Å²) in [4.78, 5) is 32.7. The van der Waals surface area contributed by atoms with Gasteiger partial charge in [0.1, 0.15) is 0 Å². The summed E-state index contributed by atoms with van der Waals surface area (Å²) in [6, 6.07) is -0.428. The Morgan fingerprint density at radius 1 is 1.11 bits per heavy atom. The number of hydrogen-bond donors (Lipinski definition) is 4. The van der Waals surface area contributed by atoms with E-state index in [1.165, 1.54) is 6.92 Å². The highest BCUT2D eigenvalue weighted by atomic mass is 16.4. The third-order valence-electron chi connectivity index (χ3n) is 2.28. The Hall–Kier alpha value is -1.79. The molecule has 0 aliphatic heterocycles. The standard InChI is InChI=1S/C11H21N3O4/c1-3-4-9(10(16)17)7-14-11(18)13-6-5-12-8(2)15/h9H,3-7H2,1-2H3,(H,12,15)(H,16,17)(H2,13,14,18). The molecule has 0 aliphatic carbocycles. The molecule has 0 aliphatic rings. The average Bonchev–Trinajstić information content (AvgIpc) is 2.29. The SMILES string of the molecule is CCCC(CNC(=O)NCCNC(C)=O)C(=O)O. The molecule has 7 nitrogen and oxygen atoms in total. The summed E-state index contributed by atoms with van der Waals surface area (Å²) in [5.74, 6) is -1.63. The van der Waals surface area contributed by atoms with Crippen LogP contribution in [-0.2, 0) is 9.59 Å². The highest BCUT2D eigenvalue weighted by molar-refractivity contribution is 5.76. The summed E-state index contributed by atoms with van der Waals surface area (Å²) in [6.07, 6.45) is 1.28. The summed E-state index contributed by atoms with van der Waals surface area (Å²) in [5, 5.41) is 16.4. The van der Waals surface area contributed by atoms with Crippen LogP contribution in [0.5, 0.6) is 0 Å². The van der Waals surface area contributed by atoms with Crippen LogP contribution >= 0.6 is 0 Å². The number of nitrogens with one attached hydrogen (secondary N) is 3.